The van der Waals surface area contributed by atoms with Gasteiger partial charge in [0.2, 0.25) is 0 Å². The second-order valence-corrected chi connectivity index (χ2v) is 5.69. The van der Waals surface area contributed by atoms with Gasteiger partial charge in [-0.25, -0.2) is 0 Å². The second kappa shape index (κ2) is 7.09. The van der Waals surface area contributed by atoms with Crippen LogP contribution in [-0.4, -0.2) is 47.9 Å². The van der Waals surface area contributed by atoms with Crippen molar-refractivity contribution in [2.75, 3.05) is 26.2 Å². The van der Waals surface area contributed by atoms with Gasteiger partial charge in [0.15, 0.2) is 0 Å². The number of nitrogens with zero attached hydrogens (tertiary/aromatic N) is 2. The fourth-order valence-electron chi connectivity index (χ4n) is 2.59. The maximum absolute atomic E-state index is 12.5. The molecule has 0 aromatic heterocycles. The Kier molecular flexibility index (Phi) is 5.44. The van der Waals surface area contributed by atoms with Gasteiger partial charge in [0.1, 0.15) is 0 Å². The number of rotatable bonds is 4. The Labute approximate surface area is 126 Å². The van der Waals surface area contributed by atoms with E-state index in [1.807, 2.05) is 29.2 Å². The number of halogens is 1. The molecule has 0 spiro atoms. The quantitative estimate of drug-likeness (QED) is 0.797. The van der Waals surface area contributed by atoms with E-state index in [9.17, 15) is 4.79 Å². The lowest BCUT2D eigenvalue weighted by Crippen LogP contribution is -2.51. The van der Waals surface area contributed by atoms with E-state index in [0.717, 1.165) is 43.7 Å². The third-order valence-electron chi connectivity index (χ3n) is 4.14. The molecule has 110 valence electrons. The van der Waals surface area contributed by atoms with Crippen molar-refractivity contribution >= 4 is 17.5 Å². The van der Waals surface area contributed by atoms with Crippen LogP contribution in [0.2, 0.25) is 0 Å². The Bertz CT molecular complexity index is 456. The predicted octanol–water partition coefficient (Wildman–Crippen LogP) is 2.98. The zero-order chi connectivity index (χ0) is 14.5. The standard InChI is InChI=1S/C16H23ClN2O/c1-3-13(2)18-7-9-19(10-8-18)16(20)15-6-4-5-14(11-15)12-17/h4-6,11,13H,3,7-10,12H2,1-2H3. The normalized spacial score (nSPS) is 18.1. The average Bonchev–Trinajstić information content (AvgIpc) is 2.53. The summed E-state index contributed by atoms with van der Waals surface area (Å²) in [5.74, 6) is 0.573. The lowest BCUT2D eigenvalue weighted by atomic mass is 10.1. The zero-order valence-corrected chi connectivity index (χ0v) is 13.1. The lowest BCUT2D eigenvalue weighted by Gasteiger charge is -2.37. The van der Waals surface area contributed by atoms with E-state index in [0.29, 0.717) is 11.9 Å². The van der Waals surface area contributed by atoms with Gasteiger partial charge < -0.3 is 4.90 Å². The third-order valence-corrected chi connectivity index (χ3v) is 4.45. The predicted molar refractivity (Wildman–Crippen MR) is 83.2 cm³/mol. The third kappa shape index (κ3) is 3.53. The molecule has 1 atom stereocenters. The molecule has 1 saturated heterocycles. The summed E-state index contributed by atoms with van der Waals surface area (Å²) in [6.45, 7) is 8.02. The Balaban J connectivity index is 1.97. The first-order chi connectivity index (χ1) is 9.65. The number of hydrogen-bond donors (Lipinski definition) is 0. The molecule has 0 bridgehead atoms. The average molecular weight is 295 g/mol. The number of amides is 1. The van der Waals surface area contributed by atoms with Crippen LogP contribution >= 0.6 is 11.6 Å². The number of carbonyl (C=O) groups excluding carboxylic acids is 1. The fourth-order valence-corrected chi connectivity index (χ4v) is 2.76. The molecule has 4 heteroatoms. The first kappa shape index (κ1) is 15.3. The van der Waals surface area contributed by atoms with Crippen molar-refractivity contribution in [1.82, 2.24) is 9.80 Å². The summed E-state index contributed by atoms with van der Waals surface area (Å²) in [7, 11) is 0. The molecule has 1 heterocycles. The van der Waals surface area contributed by atoms with Crippen molar-refractivity contribution in [2.45, 2.75) is 32.2 Å². The number of hydrogen-bond acceptors (Lipinski definition) is 2. The molecule has 0 N–H and O–H groups in total. The topological polar surface area (TPSA) is 23.6 Å². The Hall–Kier alpha value is -1.06. The Morgan fingerprint density at radius 1 is 1.30 bits per heavy atom. The van der Waals surface area contributed by atoms with Crippen molar-refractivity contribution in [3.05, 3.63) is 35.4 Å². The molecule has 0 saturated carbocycles. The minimum Gasteiger partial charge on any atom is -0.336 e. The van der Waals surface area contributed by atoms with Crippen LogP contribution in [0.4, 0.5) is 0 Å². The molecule has 1 amide bonds. The van der Waals surface area contributed by atoms with Crippen LogP contribution in [0.25, 0.3) is 0 Å². The van der Waals surface area contributed by atoms with Gasteiger partial charge in [0.05, 0.1) is 0 Å². The van der Waals surface area contributed by atoms with Crippen LogP contribution in [0.1, 0.15) is 36.2 Å². The van der Waals surface area contributed by atoms with Crippen LogP contribution in [-0.2, 0) is 5.88 Å². The molecule has 0 radical (unpaired) electrons. The van der Waals surface area contributed by atoms with E-state index in [1.54, 1.807) is 0 Å². The first-order valence-corrected chi connectivity index (χ1v) is 7.87. The van der Waals surface area contributed by atoms with Gasteiger partial charge in [-0.05, 0) is 31.0 Å². The van der Waals surface area contributed by atoms with Crippen LogP contribution in [0.3, 0.4) is 0 Å². The van der Waals surface area contributed by atoms with Crippen molar-refractivity contribution in [3.8, 4) is 0 Å². The SMILES string of the molecule is CCC(C)N1CCN(C(=O)c2cccc(CCl)c2)CC1. The summed E-state index contributed by atoms with van der Waals surface area (Å²) >= 11 is 5.83. The molecule has 1 aromatic carbocycles. The number of alkyl halides is 1. The molecular weight excluding hydrogens is 272 g/mol. The minimum absolute atomic E-state index is 0.126. The molecule has 20 heavy (non-hydrogen) atoms. The van der Waals surface area contributed by atoms with Gasteiger partial charge in [-0.1, -0.05) is 19.1 Å². The highest BCUT2D eigenvalue weighted by molar-refractivity contribution is 6.17. The van der Waals surface area contributed by atoms with Gasteiger partial charge >= 0.3 is 0 Å². The van der Waals surface area contributed by atoms with Gasteiger partial charge in [-0.2, -0.15) is 0 Å². The van der Waals surface area contributed by atoms with Crippen molar-refractivity contribution in [3.63, 3.8) is 0 Å². The van der Waals surface area contributed by atoms with E-state index in [-0.39, 0.29) is 5.91 Å². The molecule has 1 aliphatic rings. The maximum atomic E-state index is 12.5. The van der Waals surface area contributed by atoms with Gasteiger partial charge in [-0.15, -0.1) is 11.6 Å². The summed E-state index contributed by atoms with van der Waals surface area (Å²) < 4.78 is 0. The second-order valence-electron chi connectivity index (χ2n) is 5.42. The van der Waals surface area contributed by atoms with Crippen molar-refractivity contribution in [1.29, 1.82) is 0 Å². The molecule has 1 aliphatic heterocycles. The van der Waals surface area contributed by atoms with E-state index < -0.39 is 0 Å². The van der Waals surface area contributed by atoms with Crippen LogP contribution in [0.5, 0.6) is 0 Å². The highest BCUT2D eigenvalue weighted by atomic mass is 35.5. The Morgan fingerprint density at radius 2 is 2.00 bits per heavy atom. The number of piperazine rings is 1. The van der Waals surface area contributed by atoms with Gasteiger partial charge in [0, 0.05) is 43.7 Å². The molecule has 1 aromatic rings. The van der Waals surface area contributed by atoms with E-state index in [4.69, 9.17) is 11.6 Å². The molecular formula is C16H23ClN2O. The number of benzene rings is 1. The smallest absolute Gasteiger partial charge is 0.253 e. The van der Waals surface area contributed by atoms with E-state index in [2.05, 4.69) is 18.7 Å². The molecule has 2 rings (SSSR count). The molecule has 1 unspecified atom stereocenters. The molecule has 0 aliphatic carbocycles. The highest BCUT2D eigenvalue weighted by Gasteiger charge is 2.24. The summed E-state index contributed by atoms with van der Waals surface area (Å²) in [6.07, 6.45) is 1.16. The monoisotopic (exact) mass is 294 g/mol. The van der Waals surface area contributed by atoms with Crippen molar-refractivity contribution in [2.24, 2.45) is 0 Å². The Morgan fingerprint density at radius 3 is 2.60 bits per heavy atom. The van der Waals surface area contributed by atoms with Crippen LogP contribution in [0.15, 0.2) is 24.3 Å². The fraction of sp³-hybridized carbons (Fsp3) is 0.562. The first-order valence-electron chi connectivity index (χ1n) is 7.34. The minimum atomic E-state index is 0.126. The van der Waals surface area contributed by atoms with E-state index >= 15 is 0 Å². The van der Waals surface area contributed by atoms with Gasteiger partial charge in [0.25, 0.3) is 5.91 Å². The largest absolute Gasteiger partial charge is 0.336 e. The summed E-state index contributed by atoms with van der Waals surface area (Å²) in [5.41, 5.74) is 1.75. The lowest BCUT2D eigenvalue weighted by molar-refractivity contribution is 0.0579. The number of carbonyl (C=O) groups is 1. The summed E-state index contributed by atoms with van der Waals surface area (Å²) in [5, 5.41) is 0. The summed E-state index contributed by atoms with van der Waals surface area (Å²) in [4.78, 5) is 16.9. The molecule has 1 fully saturated rings. The highest BCUT2D eigenvalue weighted by Crippen LogP contribution is 2.14. The van der Waals surface area contributed by atoms with Crippen molar-refractivity contribution < 1.29 is 4.79 Å². The van der Waals surface area contributed by atoms with E-state index in [1.165, 1.54) is 0 Å². The van der Waals surface area contributed by atoms with Gasteiger partial charge in [-0.3, -0.25) is 9.69 Å². The molecule has 3 nitrogen and oxygen atoms in total. The maximum Gasteiger partial charge on any atom is 0.253 e. The van der Waals surface area contributed by atoms with Crippen LogP contribution in [0, 0.1) is 0 Å². The van der Waals surface area contributed by atoms with Crippen LogP contribution < -0.4 is 0 Å². The zero-order valence-electron chi connectivity index (χ0n) is 12.3. The summed E-state index contributed by atoms with van der Waals surface area (Å²) in [6, 6.07) is 8.23.